The smallest absolute Gasteiger partial charge is 0.230 e. The van der Waals surface area contributed by atoms with Crippen LogP contribution in [0.1, 0.15) is 11.3 Å². The van der Waals surface area contributed by atoms with Gasteiger partial charge in [-0.3, -0.25) is 4.79 Å². The number of hydrogen-bond acceptors (Lipinski definition) is 3. The van der Waals surface area contributed by atoms with Gasteiger partial charge in [0.15, 0.2) is 5.82 Å². The molecule has 1 aromatic heterocycles. The minimum Gasteiger partial charge on any atom is -0.360 e. The first-order valence-corrected chi connectivity index (χ1v) is 6.41. The molecule has 0 spiro atoms. The summed E-state index contributed by atoms with van der Waals surface area (Å²) in [6.45, 7) is 1.78. The Balaban J connectivity index is 1.73. The average molecular weight is 266 g/mol. The topological polar surface area (TPSA) is 55.1 Å². The molecular weight excluding hydrogens is 252 g/mol. The van der Waals surface area contributed by atoms with E-state index in [1.54, 1.807) is 13.0 Å². The first kappa shape index (κ1) is 12.4. The molecular formula is C16H14N2O2. The lowest BCUT2D eigenvalue weighted by molar-refractivity contribution is -0.115. The molecule has 0 aliphatic rings. The minimum atomic E-state index is -0.103. The third kappa shape index (κ3) is 2.69. The zero-order valence-electron chi connectivity index (χ0n) is 11.1. The van der Waals surface area contributed by atoms with Crippen molar-refractivity contribution in [3.05, 3.63) is 59.9 Å². The average Bonchev–Trinajstić information content (AvgIpc) is 2.83. The third-order valence-electron chi connectivity index (χ3n) is 3.07. The number of rotatable bonds is 3. The second-order valence-electron chi connectivity index (χ2n) is 4.73. The van der Waals surface area contributed by atoms with Crippen LogP contribution >= 0.6 is 0 Å². The highest BCUT2D eigenvalue weighted by atomic mass is 16.5. The maximum Gasteiger partial charge on any atom is 0.230 e. The maximum atomic E-state index is 11.9. The quantitative estimate of drug-likeness (QED) is 0.791. The van der Waals surface area contributed by atoms with Gasteiger partial charge in [0.05, 0.1) is 6.42 Å². The lowest BCUT2D eigenvalue weighted by atomic mass is 10.1. The van der Waals surface area contributed by atoms with Gasteiger partial charge in [0.1, 0.15) is 5.76 Å². The molecule has 3 rings (SSSR count). The largest absolute Gasteiger partial charge is 0.360 e. The molecule has 0 atom stereocenters. The fraction of sp³-hybridized carbons (Fsp3) is 0.125. The van der Waals surface area contributed by atoms with Gasteiger partial charge in [-0.2, -0.15) is 0 Å². The van der Waals surface area contributed by atoms with Gasteiger partial charge >= 0.3 is 0 Å². The Hall–Kier alpha value is -2.62. The zero-order valence-corrected chi connectivity index (χ0v) is 11.1. The van der Waals surface area contributed by atoms with Crippen LogP contribution < -0.4 is 5.32 Å². The van der Waals surface area contributed by atoms with Gasteiger partial charge in [-0.25, -0.2) is 0 Å². The number of fused-ring (bicyclic) bond motifs is 1. The summed E-state index contributed by atoms with van der Waals surface area (Å²) in [5.74, 6) is 1.02. The number of nitrogens with zero attached hydrogens (tertiary/aromatic N) is 1. The second kappa shape index (κ2) is 5.17. The molecule has 0 saturated carbocycles. The fourth-order valence-electron chi connectivity index (χ4n) is 2.15. The Labute approximate surface area is 116 Å². The van der Waals surface area contributed by atoms with Crippen molar-refractivity contribution >= 4 is 22.5 Å². The number of hydrogen-bond donors (Lipinski definition) is 1. The van der Waals surface area contributed by atoms with Crippen molar-refractivity contribution in [2.75, 3.05) is 5.32 Å². The highest BCUT2D eigenvalue weighted by Crippen LogP contribution is 2.16. The first-order valence-electron chi connectivity index (χ1n) is 6.41. The first-order chi connectivity index (χ1) is 9.70. The molecule has 4 nitrogen and oxygen atoms in total. The highest BCUT2D eigenvalue weighted by molar-refractivity contribution is 5.92. The van der Waals surface area contributed by atoms with Gasteiger partial charge in [0, 0.05) is 6.07 Å². The standard InChI is InChI=1S/C16H14N2O2/c1-11-8-15(18-20-11)17-16(19)10-12-6-7-13-4-2-3-5-14(13)9-12/h2-9H,10H2,1H3,(H,17,18,19). The van der Waals surface area contributed by atoms with Crippen LogP contribution in [0.5, 0.6) is 0 Å². The van der Waals surface area contributed by atoms with E-state index in [1.165, 1.54) is 5.39 Å². The molecule has 3 aromatic rings. The number of aryl methyl sites for hydroxylation is 1. The Morgan fingerprint density at radius 2 is 1.95 bits per heavy atom. The van der Waals surface area contributed by atoms with Crippen LogP contribution in [0.4, 0.5) is 5.82 Å². The molecule has 0 fully saturated rings. The van der Waals surface area contributed by atoms with Crippen molar-refractivity contribution in [3.8, 4) is 0 Å². The molecule has 0 bridgehead atoms. The Kier molecular flexibility index (Phi) is 3.21. The predicted molar refractivity (Wildman–Crippen MR) is 77.5 cm³/mol. The van der Waals surface area contributed by atoms with Gasteiger partial charge in [-0.05, 0) is 23.3 Å². The number of carbonyl (C=O) groups excluding carboxylic acids is 1. The molecule has 4 heteroatoms. The van der Waals surface area contributed by atoms with Crippen molar-refractivity contribution < 1.29 is 9.32 Å². The highest BCUT2D eigenvalue weighted by Gasteiger charge is 2.07. The summed E-state index contributed by atoms with van der Waals surface area (Å²) in [6, 6.07) is 15.8. The summed E-state index contributed by atoms with van der Waals surface area (Å²) in [6.07, 6.45) is 0.316. The summed E-state index contributed by atoms with van der Waals surface area (Å²) >= 11 is 0. The van der Waals surface area contributed by atoms with Gasteiger partial charge in [0.2, 0.25) is 5.91 Å². The van der Waals surface area contributed by atoms with Gasteiger partial charge in [-0.15, -0.1) is 0 Å². The zero-order chi connectivity index (χ0) is 13.9. The van der Waals surface area contributed by atoms with Crippen molar-refractivity contribution in [1.82, 2.24) is 5.16 Å². The molecule has 0 aliphatic heterocycles. The predicted octanol–water partition coefficient (Wildman–Crippen LogP) is 3.32. The molecule has 1 amide bonds. The van der Waals surface area contributed by atoms with E-state index in [4.69, 9.17) is 4.52 Å². The molecule has 2 aromatic carbocycles. The van der Waals surface area contributed by atoms with E-state index >= 15 is 0 Å². The number of carbonyl (C=O) groups is 1. The molecule has 0 saturated heterocycles. The van der Waals surface area contributed by atoms with E-state index in [0.717, 1.165) is 10.9 Å². The van der Waals surface area contributed by atoms with Crippen LogP contribution in [0.25, 0.3) is 10.8 Å². The number of aromatic nitrogens is 1. The fourth-order valence-corrected chi connectivity index (χ4v) is 2.15. The lowest BCUT2D eigenvalue weighted by Gasteiger charge is -2.04. The van der Waals surface area contributed by atoms with E-state index < -0.39 is 0 Å². The van der Waals surface area contributed by atoms with Crippen LogP contribution in [0.15, 0.2) is 53.1 Å². The molecule has 1 N–H and O–H groups in total. The van der Waals surface area contributed by atoms with E-state index in [1.807, 2.05) is 36.4 Å². The molecule has 0 aliphatic carbocycles. The minimum absolute atomic E-state index is 0.103. The van der Waals surface area contributed by atoms with E-state index in [0.29, 0.717) is 18.0 Å². The van der Waals surface area contributed by atoms with Gasteiger partial charge in [0.25, 0.3) is 0 Å². The normalized spacial score (nSPS) is 10.7. The summed E-state index contributed by atoms with van der Waals surface area (Å²) in [4.78, 5) is 11.9. The monoisotopic (exact) mass is 266 g/mol. The third-order valence-corrected chi connectivity index (χ3v) is 3.07. The maximum absolute atomic E-state index is 11.9. The Morgan fingerprint density at radius 3 is 2.70 bits per heavy atom. The van der Waals surface area contributed by atoms with Crippen molar-refractivity contribution in [1.29, 1.82) is 0 Å². The van der Waals surface area contributed by atoms with Crippen molar-refractivity contribution in [2.24, 2.45) is 0 Å². The summed E-state index contributed by atoms with van der Waals surface area (Å²) < 4.78 is 4.91. The molecule has 100 valence electrons. The van der Waals surface area contributed by atoms with Crippen molar-refractivity contribution in [3.63, 3.8) is 0 Å². The summed E-state index contributed by atoms with van der Waals surface area (Å²) in [5.41, 5.74) is 0.974. The van der Waals surface area contributed by atoms with Gasteiger partial charge in [-0.1, -0.05) is 47.6 Å². The van der Waals surface area contributed by atoms with E-state index in [9.17, 15) is 4.79 Å². The molecule has 20 heavy (non-hydrogen) atoms. The van der Waals surface area contributed by atoms with E-state index in [-0.39, 0.29) is 5.91 Å². The number of anilines is 1. The van der Waals surface area contributed by atoms with Crippen LogP contribution in [-0.4, -0.2) is 11.1 Å². The van der Waals surface area contributed by atoms with Crippen LogP contribution in [-0.2, 0) is 11.2 Å². The van der Waals surface area contributed by atoms with Crippen LogP contribution in [0.3, 0.4) is 0 Å². The summed E-state index contributed by atoms with van der Waals surface area (Å²) in [7, 11) is 0. The van der Waals surface area contributed by atoms with E-state index in [2.05, 4.69) is 16.5 Å². The Bertz CT molecular complexity index is 762. The Morgan fingerprint density at radius 1 is 1.15 bits per heavy atom. The van der Waals surface area contributed by atoms with Crippen LogP contribution in [0.2, 0.25) is 0 Å². The number of amides is 1. The van der Waals surface area contributed by atoms with Crippen molar-refractivity contribution in [2.45, 2.75) is 13.3 Å². The second-order valence-corrected chi connectivity index (χ2v) is 4.73. The summed E-state index contributed by atoms with van der Waals surface area (Å²) in [5, 5.41) is 8.76. The number of nitrogens with one attached hydrogen (secondary N) is 1. The molecule has 0 radical (unpaired) electrons. The lowest BCUT2D eigenvalue weighted by Crippen LogP contribution is -2.14. The number of benzene rings is 2. The van der Waals surface area contributed by atoms with Crippen LogP contribution in [0, 0.1) is 6.92 Å². The molecule has 1 heterocycles. The SMILES string of the molecule is Cc1cc(NC(=O)Cc2ccc3ccccc3c2)no1. The molecule has 0 unspecified atom stereocenters. The van der Waals surface area contributed by atoms with Gasteiger partial charge < -0.3 is 9.84 Å².